The fourth-order valence-electron chi connectivity index (χ4n) is 3.93. The van der Waals surface area contributed by atoms with Crippen molar-refractivity contribution in [3.8, 4) is 5.75 Å². The van der Waals surface area contributed by atoms with Crippen LogP contribution in [0.5, 0.6) is 5.75 Å². The van der Waals surface area contributed by atoms with Crippen molar-refractivity contribution in [1.82, 2.24) is 24.8 Å². The fourth-order valence-corrected chi connectivity index (χ4v) is 3.93. The summed E-state index contributed by atoms with van der Waals surface area (Å²) < 4.78 is 7.18. The molecule has 7 heteroatoms. The largest absolute Gasteiger partial charge is 0.497 e. The second kappa shape index (κ2) is 8.08. The van der Waals surface area contributed by atoms with E-state index in [2.05, 4.69) is 15.2 Å². The van der Waals surface area contributed by atoms with Crippen LogP contribution in [0.1, 0.15) is 47.4 Å². The molecule has 1 fully saturated rings. The molecule has 144 valence electrons. The molecule has 0 atom stereocenters. The highest BCUT2D eigenvalue weighted by Gasteiger charge is 2.25. The number of rotatable bonds is 4. The Morgan fingerprint density at radius 1 is 1.04 bits per heavy atom. The molecule has 1 saturated heterocycles. The van der Waals surface area contributed by atoms with Gasteiger partial charge in [0.1, 0.15) is 11.4 Å². The number of carbonyl (C=O) groups is 1. The van der Waals surface area contributed by atoms with Crippen molar-refractivity contribution in [3.05, 3.63) is 41.2 Å². The van der Waals surface area contributed by atoms with Gasteiger partial charge in [0.05, 0.1) is 19.3 Å². The van der Waals surface area contributed by atoms with Gasteiger partial charge in [-0.1, -0.05) is 11.6 Å². The lowest BCUT2D eigenvalue weighted by atomic mass is 10.1. The number of ether oxygens (including phenoxy) is 1. The number of likely N-dealkylation sites (tertiary alicyclic amines) is 1. The number of nitrogens with zero attached hydrogens (tertiary/aromatic N) is 5. The van der Waals surface area contributed by atoms with Crippen LogP contribution in [0.4, 0.5) is 0 Å². The molecule has 0 unspecified atom stereocenters. The van der Waals surface area contributed by atoms with Crippen molar-refractivity contribution in [2.24, 2.45) is 0 Å². The minimum absolute atomic E-state index is 0.0521. The van der Waals surface area contributed by atoms with Crippen LogP contribution in [0.15, 0.2) is 24.3 Å². The van der Waals surface area contributed by atoms with Crippen molar-refractivity contribution in [3.63, 3.8) is 0 Å². The molecule has 0 spiro atoms. The molecule has 2 aromatic rings. The first-order valence-electron chi connectivity index (χ1n) is 9.81. The molecule has 0 aliphatic carbocycles. The maximum atomic E-state index is 13.0. The van der Waals surface area contributed by atoms with Gasteiger partial charge in [0, 0.05) is 25.2 Å². The average molecular weight is 369 g/mol. The molecular weight excluding hydrogens is 342 g/mol. The minimum Gasteiger partial charge on any atom is -0.497 e. The van der Waals surface area contributed by atoms with Crippen molar-refractivity contribution in [2.75, 3.05) is 26.7 Å². The number of aromatic nitrogens is 3. The number of amides is 1. The molecule has 4 rings (SSSR count). The van der Waals surface area contributed by atoms with Crippen molar-refractivity contribution in [2.45, 2.75) is 45.3 Å². The van der Waals surface area contributed by atoms with Crippen LogP contribution in [0.3, 0.4) is 0 Å². The van der Waals surface area contributed by atoms with E-state index in [1.165, 1.54) is 19.3 Å². The standard InChI is InChI=1S/C20H27N5O2/c1-27-17-8-6-16(7-9-17)20(26)24-12-5-13-25-19(15-24)18(21-22-25)14-23-10-3-2-4-11-23/h6-9H,2-5,10-15H2,1H3. The van der Waals surface area contributed by atoms with E-state index in [1.807, 2.05) is 33.8 Å². The maximum Gasteiger partial charge on any atom is 0.254 e. The maximum absolute atomic E-state index is 13.0. The second-order valence-corrected chi connectivity index (χ2v) is 7.35. The monoisotopic (exact) mass is 369 g/mol. The number of carbonyl (C=O) groups excluding carboxylic acids is 1. The quantitative estimate of drug-likeness (QED) is 0.828. The molecule has 2 aliphatic rings. The molecule has 3 heterocycles. The van der Waals surface area contributed by atoms with Crippen molar-refractivity contribution < 1.29 is 9.53 Å². The lowest BCUT2D eigenvalue weighted by Crippen LogP contribution is -2.32. The zero-order valence-corrected chi connectivity index (χ0v) is 15.9. The van der Waals surface area contributed by atoms with E-state index >= 15 is 0 Å². The lowest BCUT2D eigenvalue weighted by Gasteiger charge is -2.26. The highest BCUT2D eigenvalue weighted by molar-refractivity contribution is 5.94. The summed E-state index contributed by atoms with van der Waals surface area (Å²) in [6.07, 6.45) is 4.72. The van der Waals surface area contributed by atoms with Crippen LogP contribution >= 0.6 is 0 Å². The van der Waals surface area contributed by atoms with E-state index < -0.39 is 0 Å². The molecule has 1 amide bonds. The molecule has 0 bridgehead atoms. The third kappa shape index (κ3) is 3.98. The summed E-state index contributed by atoms with van der Waals surface area (Å²) in [5.41, 5.74) is 2.79. The van der Waals surface area contributed by atoms with Crippen LogP contribution in [0.25, 0.3) is 0 Å². The average Bonchev–Trinajstić information content (AvgIpc) is 2.96. The van der Waals surface area contributed by atoms with Crippen LogP contribution in [-0.4, -0.2) is 57.4 Å². The smallest absolute Gasteiger partial charge is 0.254 e. The summed E-state index contributed by atoms with van der Waals surface area (Å²) >= 11 is 0. The molecule has 27 heavy (non-hydrogen) atoms. The summed E-state index contributed by atoms with van der Waals surface area (Å²) in [5, 5.41) is 8.80. The number of piperidine rings is 1. The number of hydrogen-bond acceptors (Lipinski definition) is 5. The van der Waals surface area contributed by atoms with Gasteiger partial charge in [-0.15, -0.1) is 5.10 Å². The number of aryl methyl sites for hydroxylation is 1. The van der Waals surface area contributed by atoms with Gasteiger partial charge < -0.3 is 9.64 Å². The first-order valence-corrected chi connectivity index (χ1v) is 9.81. The van der Waals surface area contributed by atoms with E-state index in [0.717, 1.165) is 56.3 Å². The third-order valence-electron chi connectivity index (χ3n) is 5.50. The minimum atomic E-state index is 0.0521. The summed E-state index contributed by atoms with van der Waals surface area (Å²) in [4.78, 5) is 17.4. The Kier molecular flexibility index (Phi) is 5.38. The van der Waals surface area contributed by atoms with Crippen LogP contribution in [0.2, 0.25) is 0 Å². The predicted octanol–water partition coefficient (Wildman–Crippen LogP) is 2.32. The third-order valence-corrected chi connectivity index (χ3v) is 5.50. The molecule has 0 saturated carbocycles. The zero-order valence-electron chi connectivity index (χ0n) is 15.9. The van der Waals surface area contributed by atoms with Gasteiger partial charge in [-0.25, -0.2) is 4.68 Å². The van der Waals surface area contributed by atoms with E-state index in [0.29, 0.717) is 12.1 Å². The number of hydrogen-bond donors (Lipinski definition) is 0. The molecule has 1 aromatic carbocycles. The van der Waals surface area contributed by atoms with E-state index in [9.17, 15) is 4.79 Å². The van der Waals surface area contributed by atoms with Gasteiger partial charge in [-0.05, 0) is 56.6 Å². The van der Waals surface area contributed by atoms with Crippen LogP contribution < -0.4 is 4.74 Å². The van der Waals surface area contributed by atoms with Gasteiger partial charge in [0.2, 0.25) is 0 Å². The Morgan fingerprint density at radius 3 is 2.56 bits per heavy atom. The zero-order chi connectivity index (χ0) is 18.6. The van der Waals surface area contributed by atoms with Gasteiger partial charge >= 0.3 is 0 Å². The summed E-state index contributed by atoms with van der Waals surface area (Å²) in [5.74, 6) is 0.810. The predicted molar refractivity (Wildman–Crippen MR) is 102 cm³/mol. The molecule has 1 aromatic heterocycles. The summed E-state index contributed by atoms with van der Waals surface area (Å²) in [6, 6.07) is 7.32. The Bertz CT molecular complexity index is 780. The highest BCUT2D eigenvalue weighted by Crippen LogP contribution is 2.20. The Balaban J connectivity index is 1.51. The van der Waals surface area contributed by atoms with Gasteiger partial charge in [-0.3, -0.25) is 9.69 Å². The van der Waals surface area contributed by atoms with Crippen molar-refractivity contribution in [1.29, 1.82) is 0 Å². The van der Waals surface area contributed by atoms with Gasteiger partial charge in [-0.2, -0.15) is 0 Å². The lowest BCUT2D eigenvalue weighted by molar-refractivity contribution is 0.0745. The second-order valence-electron chi connectivity index (χ2n) is 7.35. The first-order chi connectivity index (χ1) is 13.2. The molecule has 0 radical (unpaired) electrons. The highest BCUT2D eigenvalue weighted by atomic mass is 16.5. The SMILES string of the molecule is COc1ccc(C(=O)N2CCCn3nnc(CN4CCCCC4)c3C2)cc1. The van der Waals surface area contributed by atoms with Gasteiger partial charge in [0.25, 0.3) is 5.91 Å². The van der Waals surface area contributed by atoms with Gasteiger partial charge in [0.15, 0.2) is 0 Å². The molecule has 0 N–H and O–H groups in total. The van der Waals surface area contributed by atoms with E-state index in [1.54, 1.807) is 7.11 Å². The number of fused-ring (bicyclic) bond motifs is 1. The summed E-state index contributed by atoms with van der Waals surface area (Å²) in [6.45, 7) is 5.20. The molecule has 2 aliphatic heterocycles. The van der Waals surface area contributed by atoms with Crippen LogP contribution in [0, 0.1) is 0 Å². The Morgan fingerprint density at radius 2 is 1.81 bits per heavy atom. The topological polar surface area (TPSA) is 63.5 Å². The normalized spacial score (nSPS) is 18.0. The first kappa shape index (κ1) is 18.0. The van der Waals surface area contributed by atoms with E-state index in [4.69, 9.17) is 4.74 Å². The summed E-state index contributed by atoms with van der Waals surface area (Å²) in [7, 11) is 1.63. The van der Waals surface area contributed by atoms with Crippen molar-refractivity contribution >= 4 is 5.91 Å². The Hall–Kier alpha value is -2.41. The number of benzene rings is 1. The Labute approximate surface area is 159 Å². The molecule has 7 nitrogen and oxygen atoms in total. The molecular formula is C20H27N5O2. The fraction of sp³-hybridized carbons (Fsp3) is 0.550. The van der Waals surface area contributed by atoms with Crippen LogP contribution in [-0.2, 0) is 19.6 Å². The number of methoxy groups -OCH3 is 1. The van der Waals surface area contributed by atoms with E-state index in [-0.39, 0.29) is 5.91 Å².